The number of esters is 1. The number of amides is 1. The molecule has 0 heterocycles. The zero-order valence-corrected chi connectivity index (χ0v) is 13.8. The third-order valence-corrected chi connectivity index (χ3v) is 3.19. The predicted molar refractivity (Wildman–Crippen MR) is 82.0 cm³/mol. The summed E-state index contributed by atoms with van der Waals surface area (Å²) in [5, 5.41) is 0.468. The van der Waals surface area contributed by atoms with E-state index in [1.165, 1.54) is 4.90 Å². The van der Waals surface area contributed by atoms with Gasteiger partial charge in [0.1, 0.15) is 6.54 Å². The third kappa shape index (κ3) is 5.13. The van der Waals surface area contributed by atoms with Crippen molar-refractivity contribution < 1.29 is 14.3 Å². The van der Waals surface area contributed by atoms with Crippen molar-refractivity contribution in [1.29, 1.82) is 0 Å². The maximum absolute atomic E-state index is 12.4. The lowest BCUT2D eigenvalue weighted by Gasteiger charge is -2.21. The molecule has 6 heteroatoms. The summed E-state index contributed by atoms with van der Waals surface area (Å²) in [6.45, 7) is 4.42. The number of hydrogen-bond acceptors (Lipinski definition) is 3. The highest BCUT2D eigenvalue weighted by molar-refractivity contribution is 9.10. The van der Waals surface area contributed by atoms with Gasteiger partial charge in [-0.15, -0.1) is 0 Å². The number of nitrogens with zero attached hydrogens (tertiary/aromatic N) is 1. The summed E-state index contributed by atoms with van der Waals surface area (Å²) in [7, 11) is 0. The fourth-order valence-corrected chi connectivity index (χ4v) is 2.60. The van der Waals surface area contributed by atoms with Crippen LogP contribution in [0, 0.1) is 0 Å². The Labute approximate surface area is 132 Å². The Morgan fingerprint density at radius 3 is 2.55 bits per heavy atom. The molecule has 20 heavy (non-hydrogen) atoms. The van der Waals surface area contributed by atoms with Crippen LogP contribution >= 0.6 is 27.5 Å². The summed E-state index contributed by atoms with van der Waals surface area (Å²) in [6, 6.07) is 4.97. The van der Waals surface area contributed by atoms with Crippen molar-refractivity contribution in [2.45, 2.75) is 20.3 Å². The highest BCUT2D eigenvalue weighted by Gasteiger charge is 2.19. The summed E-state index contributed by atoms with van der Waals surface area (Å²) in [5.74, 6) is -0.640. The van der Waals surface area contributed by atoms with Crippen LogP contribution in [0.15, 0.2) is 22.7 Å². The molecule has 1 aromatic carbocycles. The second kappa shape index (κ2) is 8.27. The van der Waals surface area contributed by atoms with E-state index in [0.29, 0.717) is 23.7 Å². The van der Waals surface area contributed by atoms with Crippen molar-refractivity contribution >= 4 is 39.4 Å². The van der Waals surface area contributed by atoms with Crippen molar-refractivity contribution in [1.82, 2.24) is 4.90 Å². The number of carbonyl (C=O) groups is 2. The Hall–Kier alpha value is -1.07. The Balaban J connectivity index is 2.89. The van der Waals surface area contributed by atoms with Gasteiger partial charge in [0.25, 0.3) is 5.91 Å². The average Bonchev–Trinajstić information content (AvgIpc) is 2.36. The Bertz CT molecular complexity index is 473. The number of hydrogen-bond donors (Lipinski definition) is 0. The second-order valence-corrected chi connectivity index (χ2v) is 5.54. The Kier molecular flexibility index (Phi) is 7.02. The highest BCUT2D eigenvalue weighted by Crippen LogP contribution is 2.20. The molecule has 0 radical (unpaired) electrons. The van der Waals surface area contributed by atoms with Crippen LogP contribution in [0.5, 0.6) is 0 Å². The van der Waals surface area contributed by atoms with Crippen molar-refractivity contribution in [2.75, 3.05) is 19.7 Å². The molecule has 0 unspecified atom stereocenters. The standard InChI is InChI=1S/C14H17BrClNO3/c1-3-5-17(9-13(18)20-4-2)14(19)10-6-11(15)8-12(16)7-10/h6-8H,3-5,9H2,1-2H3. The molecular formula is C14H17BrClNO3. The van der Waals surface area contributed by atoms with Gasteiger partial charge < -0.3 is 9.64 Å². The Morgan fingerprint density at radius 1 is 1.30 bits per heavy atom. The van der Waals surface area contributed by atoms with Crippen LogP contribution in [0.1, 0.15) is 30.6 Å². The summed E-state index contributed by atoms with van der Waals surface area (Å²) < 4.78 is 5.61. The van der Waals surface area contributed by atoms with Gasteiger partial charge >= 0.3 is 5.97 Å². The minimum atomic E-state index is -0.407. The van der Waals surface area contributed by atoms with Crippen LogP contribution < -0.4 is 0 Å². The molecule has 0 fully saturated rings. The molecule has 0 N–H and O–H groups in total. The lowest BCUT2D eigenvalue weighted by Crippen LogP contribution is -2.37. The summed E-state index contributed by atoms with van der Waals surface area (Å²) in [6.07, 6.45) is 0.757. The first kappa shape index (κ1) is 17.0. The number of carbonyl (C=O) groups excluding carboxylic acids is 2. The SMILES string of the molecule is CCCN(CC(=O)OCC)C(=O)c1cc(Cl)cc(Br)c1. The molecule has 0 aliphatic heterocycles. The molecule has 1 amide bonds. The quantitative estimate of drug-likeness (QED) is 0.727. The van der Waals surface area contributed by atoms with Gasteiger partial charge in [-0.2, -0.15) is 0 Å². The van der Waals surface area contributed by atoms with Crippen LogP contribution in [-0.2, 0) is 9.53 Å². The molecule has 0 saturated heterocycles. The average molecular weight is 363 g/mol. The van der Waals surface area contributed by atoms with Gasteiger partial charge in [0.15, 0.2) is 0 Å². The molecule has 0 atom stereocenters. The smallest absolute Gasteiger partial charge is 0.325 e. The number of rotatable bonds is 6. The number of ether oxygens (including phenoxy) is 1. The molecule has 0 saturated carbocycles. The van der Waals surface area contributed by atoms with E-state index in [2.05, 4.69) is 15.9 Å². The van der Waals surface area contributed by atoms with Crippen LogP contribution in [0.4, 0.5) is 0 Å². The van der Waals surface area contributed by atoms with E-state index in [1.807, 2.05) is 6.92 Å². The zero-order valence-electron chi connectivity index (χ0n) is 11.5. The van der Waals surface area contributed by atoms with E-state index in [1.54, 1.807) is 25.1 Å². The van der Waals surface area contributed by atoms with Gasteiger partial charge in [0.2, 0.25) is 0 Å². The lowest BCUT2D eigenvalue weighted by molar-refractivity contribution is -0.143. The van der Waals surface area contributed by atoms with Gasteiger partial charge in [0, 0.05) is 21.6 Å². The maximum Gasteiger partial charge on any atom is 0.325 e. The van der Waals surface area contributed by atoms with Crippen LogP contribution in [0.25, 0.3) is 0 Å². The van der Waals surface area contributed by atoms with Crippen molar-refractivity contribution in [3.05, 3.63) is 33.3 Å². The van der Waals surface area contributed by atoms with E-state index in [9.17, 15) is 9.59 Å². The second-order valence-electron chi connectivity index (χ2n) is 4.19. The number of benzene rings is 1. The third-order valence-electron chi connectivity index (χ3n) is 2.52. The van der Waals surface area contributed by atoms with Gasteiger partial charge in [-0.05, 0) is 31.5 Å². The molecule has 4 nitrogen and oxygen atoms in total. The van der Waals surface area contributed by atoms with E-state index < -0.39 is 5.97 Å². The molecule has 0 aromatic heterocycles. The molecular weight excluding hydrogens is 346 g/mol. The molecule has 110 valence electrons. The monoisotopic (exact) mass is 361 g/mol. The van der Waals surface area contributed by atoms with Gasteiger partial charge in [-0.1, -0.05) is 34.5 Å². The fourth-order valence-electron chi connectivity index (χ4n) is 1.74. The summed E-state index contributed by atoms with van der Waals surface area (Å²) in [5.41, 5.74) is 0.446. The minimum absolute atomic E-state index is 0.0509. The van der Waals surface area contributed by atoms with Gasteiger partial charge in [0.05, 0.1) is 6.61 Å². The minimum Gasteiger partial charge on any atom is -0.465 e. The predicted octanol–water partition coefficient (Wildman–Crippen LogP) is 3.52. The molecule has 1 rings (SSSR count). The molecule has 1 aromatic rings. The first-order valence-electron chi connectivity index (χ1n) is 6.38. The van der Waals surface area contributed by atoms with Crippen LogP contribution in [0.2, 0.25) is 5.02 Å². The van der Waals surface area contributed by atoms with Crippen molar-refractivity contribution in [3.8, 4) is 0 Å². The molecule has 0 bridgehead atoms. The largest absolute Gasteiger partial charge is 0.465 e. The van der Waals surface area contributed by atoms with E-state index in [-0.39, 0.29) is 12.5 Å². The number of halogens is 2. The van der Waals surface area contributed by atoms with Gasteiger partial charge in [-0.3, -0.25) is 9.59 Å². The summed E-state index contributed by atoms with van der Waals surface area (Å²) >= 11 is 9.24. The van der Waals surface area contributed by atoms with Crippen LogP contribution in [-0.4, -0.2) is 36.5 Å². The zero-order chi connectivity index (χ0) is 15.1. The van der Waals surface area contributed by atoms with Crippen molar-refractivity contribution in [2.24, 2.45) is 0 Å². The summed E-state index contributed by atoms with van der Waals surface area (Å²) in [4.78, 5) is 25.4. The molecule has 0 spiro atoms. The molecule has 0 aliphatic rings. The normalized spacial score (nSPS) is 10.2. The lowest BCUT2D eigenvalue weighted by atomic mass is 10.2. The van der Waals surface area contributed by atoms with E-state index in [0.717, 1.165) is 10.9 Å². The first-order chi connectivity index (χ1) is 9.47. The Morgan fingerprint density at radius 2 is 2.00 bits per heavy atom. The highest BCUT2D eigenvalue weighted by atomic mass is 79.9. The van der Waals surface area contributed by atoms with E-state index >= 15 is 0 Å². The fraction of sp³-hybridized carbons (Fsp3) is 0.429. The van der Waals surface area contributed by atoms with Crippen molar-refractivity contribution in [3.63, 3.8) is 0 Å². The topological polar surface area (TPSA) is 46.6 Å². The van der Waals surface area contributed by atoms with Gasteiger partial charge in [-0.25, -0.2) is 0 Å². The first-order valence-corrected chi connectivity index (χ1v) is 7.56. The molecule has 0 aliphatic carbocycles. The van der Waals surface area contributed by atoms with Crippen LogP contribution in [0.3, 0.4) is 0 Å². The maximum atomic E-state index is 12.4. The van der Waals surface area contributed by atoms with E-state index in [4.69, 9.17) is 16.3 Å².